The van der Waals surface area contributed by atoms with E-state index in [4.69, 9.17) is 11.6 Å². The average Bonchev–Trinajstić information content (AvgIpc) is 3.14. The Kier molecular flexibility index (Phi) is 4.19. The van der Waals surface area contributed by atoms with E-state index < -0.39 is 0 Å². The fourth-order valence-corrected chi connectivity index (χ4v) is 2.70. The van der Waals surface area contributed by atoms with Gasteiger partial charge in [0.2, 0.25) is 0 Å². The minimum absolute atomic E-state index is 0.657. The highest BCUT2D eigenvalue weighted by atomic mass is 35.5. The Morgan fingerprint density at radius 1 is 1.45 bits per heavy atom. The largest absolute Gasteiger partial charge is 0.354 e. The quantitative estimate of drug-likeness (QED) is 0.890. The van der Waals surface area contributed by atoms with E-state index in [1.165, 1.54) is 12.8 Å². The molecule has 0 atom stereocenters. The van der Waals surface area contributed by atoms with Gasteiger partial charge in [0.15, 0.2) is 0 Å². The maximum absolute atomic E-state index is 6.22. The van der Waals surface area contributed by atoms with E-state index in [9.17, 15) is 0 Å². The van der Waals surface area contributed by atoms with E-state index in [1.807, 2.05) is 24.7 Å². The van der Waals surface area contributed by atoms with Crippen LogP contribution in [0.5, 0.6) is 0 Å². The maximum Gasteiger partial charge on any atom is 0.129 e. The molecule has 106 valence electrons. The van der Waals surface area contributed by atoms with Crippen molar-refractivity contribution in [1.82, 2.24) is 15.3 Å². The Morgan fingerprint density at radius 2 is 2.30 bits per heavy atom. The zero-order valence-electron chi connectivity index (χ0n) is 11.3. The summed E-state index contributed by atoms with van der Waals surface area (Å²) < 4.78 is 0. The number of nitrogens with one attached hydrogen (secondary N) is 1. The second-order valence-corrected chi connectivity index (χ2v) is 6.21. The van der Waals surface area contributed by atoms with Gasteiger partial charge in [-0.15, -0.1) is 11.3 Å². The third kappa shape index (κ3) is 3.48. The minimum atomic E-state index is 0.657. The average molecular weight is 309 g/mol. The Labute approximate surface area is 127 Å². The van der Waals surface area contributed by atoms with E-state index in [1.54, 1.807) is 11.3 Å². The molecule has 0 radical (unpaired) electrons. The lowest BCUT2D eigenvalue weighted by Crippen LogP contribution is -2.20. The van der Waals surface area contributed by atoms with Crippen LogP contribution in [0.3, 0.4) is 0 Å². The molecule has 2 aromatic rings. The molecule has 1 saturated carbocycles. The second-order valence-electron chi connectivity index (χ2n) is 5.09. The van der Waals surface area contributed by atoms with Gasteiger partial charge < -0.3 is 10.2 Å². The summed E-state index contributed by atoms with van der Waals surface area (Å²) in [6.45, 7) is 1.50. The van der Waals surface area contributed by atoms with Crippen molar-refractivity contribution in [3.63, 3.8) is 0 Å². The van der Waals surface area contributed by atoms with E-state index in [0.29, 0.717) is 6.04 Å². The third-order valence-electron chi connectivity index (χ3n) is 3.31. The molecule has 0 spiro atoms. The van der Waals surface area contributed by atoms with E-state index in [2.05, 4.69) is 25.6 Å². The molecular formula is C14H17ClN4S. The van der Waals surface area contributed by atoms with Gasteiger partial charge in [-0.1, -0.05) is 11.6 Å². The molecule has 1 aliphatic carbocycles. The predicted molar refractivity (Wildman–Crippen MR) is 83.3 cm³/mol. The molecule has 0 aromatic carbocycles. The van der Waals surface area contributed by atoms with Gasteiger partial charge in [0.05, 0.1) is 28.5 Å². The van der Waals surface area contributed by atoms with Crippen LogP contribution in [0.1, 0.15) is 24.2 Å². The number of halogens is 1. The zero-order chi connectivity index (χ0) is 13.9. The predicted octanol–water partition coefficient (Wildman–Crippen LogP) is 3.08. The first-order valence-electron chi connectivity index (χ1n) is 6.69. The van der Waals surface area contributed by atoms with Crippen LogP contribution >= 0.6 is 22.9 Å². The topological polar surface area (TPSA) is 41.1 Å². The van der Waals surface area contributed by atoms with Gasteiger partial charge in [-0.2, -0.15) is 0 Å². The zero-order valence-corrected chi connectivity index (χ0v) is 12.9. The van der Waals surface area contributed by atoms with Crippen molar-refractivity contribution in [2.24, 2.45) is 0 Å². The molecule has 0 saturated heterocycles. The van der Waals surface area contributed by atoms with Gasteiger partial charge >= 0.3 is 0 Å². The summed E-state index contributed by atoms with van der Waals surface area (Å²) in [6, 6.07) is 4.53. The lowest BCUT2D eigenvalue weighted by atomic mass is 10.3. The summed E-state index contributed by atoms with van der Waals surface area (Å²) in [6.07, 6.45) is 2.53. The van der Waals surface area contributed by atoms with Crippen molar-refractivity contribution in [2.75, 3.05) is 11.9 Å². The highest BCUT2D eigenvalue weighted by molar-refractivity contribution is 7.07. The van der Waals surface area contributed by atoms with Gasteiger partial charge in [-0.25, -0.2) is 9.97 Å². The van der Waals surface area contributed by atoms with Gasteiger partial charge in [-0.3, -0.25) is 0 Å². The van der Waals surface area contributed by atoms with Gasteiger partial charge in [0.1, 0.15) is 5.82 Å². The van der Waals surface area contributed by atoms with Crippen molar-refractivity contribution in [1.29, 1.82) is 0 Å². The molecule has 4 nitrogen and oxygen atoms in total. The summed E-state index contributed by atoms with van der Waals surface area (Å²) in [4.78, 5) is 11.0. The standard InChI is InChI=1S/C14H17ClN4S/c1-19(7-11-8-20-9-17-11)14-5-4-12(15)13(18-14)6-16-10-2-3-10/h4-5,8-10,16H,2-3,6-7H2,1H3. The summed E-state index contributed by atoms with van der Waals surface area (Å²) >= 11 is 7.83. The Balaban J connectivity index is 1.69. The Bertz CT molecular complexity index is 569. The molecular weight excluding hydrogens is 292 g/mol. The first kappa shape index (κ1) is 13.8. The number of hydrogen-bond donors (Lipinski definition) is 1. The molecule has 2 aromatic heterocycles. The van der Waals surface area contributed by atoms with Crippen LogP contribution in [-0.4, -0.2) is 23.1 Å². The van der Waals surface area contributed by atoms with Gasteiger partial charge in [-0.05, 0) is 25.0 Å². The number of aromatic nitrogens is 2. The van der Waals surface area contributed by atoms with Crippen LogP contribution in [0.15, 0.2) is 23.0 Å². The van der Waals surface area contributed by atoms with Crippen LogP contribution in [0.2, 0.25) is 5.02 Å². The van der Waals surface area contributed by atoms with Crippen molar-refractivity contribution >= 4 is 28.8 Å². The normalized spacial score (nSPS) is 14.5. The third-order valence-corrected chi connectivity index (χ3v) is 4.29. The molecule has 0 amide bonds. The number of hydrogen-bond acceptors (Lipinski definition) is 5. The first-order valence-corrected chi connectivity index (χ1v) is 8.01. The highest BCUT2D eigenvalue weighted by Crippen LogP contribution is 2.23. The fraction of sp³-hybridized carbons (Fsp3) is 0.429. The lowest BCUT2D eigenvalue weighted by molar-refractivity contribution is 0.673. The highest BCUT2D eigenvalue weighted by Gasteiger charge is 2.21. The first-order chi connectivity index (χ1) is 9.72. The smallest absolute Gasteiger partial charge is 0.129 e. The van der Waals surface area contributed by atoms with Crippen molar-refractivity contribution < 1.29 is 0 Å². The monoisotopic (exact) mass is 308 g/mol. The van der Waals surface area contributed by atoms with Gasteiger partial charge in [0.25, 0.3) is 0 Å². The molecule has 0 aliphatic heterocycles. The molecule has 6 heteroatoms. The van der Waals surface area contributed by atoms with E-state index >= 15 is 0 Å². The summed E-state index contributed by atoms with van der Waals surface area (Å²) in [7, 11) is 2.02. The fourth-order valence-electron chi connectivity index (χ4n) is 1.98. The van der Waals surface area contributed by atoms with Crippen LogP contribution in [0, 0.1) is 0 Å². The van der Waals surface area contributed by atoms with Crippen molar-refractivity contribution in [3.05, 3.63) is 39.4 Å². The van der Waals surface area contributed by atoms with Crippen LogP contribution in [-0.2, 0) is 13.1 Å². The van der Waals surface area contributed by atoms with Crippen LogP contribution in [0.25, 0.3) is 0 Å². The van der Waals surface area contributed by atoms with E-state index in [-0.39, 0.29) is 0 Å². The number of nitrogens with zero attached hydrogens (tertiary/aromatic N) is 3. The summed E-state index contributed by atoms with van der Waals surface area (Å²) in [5, 5.41) is 6.23. The molecule has 1 aliphatic rings. The second kappa shape index (κ2) is 6.08. The maximum atomic E-state index is 6.22. The Hall–Kier alpha value is -1.17. The number of anilines is 1. The SMILES string of the molecule is CN(Cc1cscn1)c1ccc(Cl)c(CNC2CC2)n1. The lowest BCUT2D eigenvalue weighted by Gasteiger charge is -2.18. The van der Waals surface area contributed by atoms with Crippen molar-refractivity contribution in [2.45, 2.75) is 32.0 Å². The van der Waals surface area contributed by atoms with Gasteiger partial charge in [0, 0.05) is 25.0 Å². The van der Waals surface area contributed by atoms with E-state index in [0.717, 1.165) is 35.3 Å². The summed E-state index contributed by atoms with van der Waals surface area (Å²) in [5.74, 6) is 0.926. The number of pyridine rings is 1. The molecule has 1 fully saturated rings. The van der Waals surface area contributed by atoms with Crippen molar-refractivity contribution in [3.8, 4) is 0 Å². The van der Waals surface area contributed by atoms with Crippen LogP contribution in [0.4, 0.5) is 5.82 Å². The summed E-state index contributed by atoms with van der Waals surface area (Å²) in [5.41, 5.74) is 3.83. The molecule has 3 rings (SSSR count). The molecule has 0 bridgehead atoms. The molecule has 20 heavy (non-hydrogen) atoms. The molecule has 1 N–H and O–H groups in total. The Morgan fingerprint density at radius 3 is 3.00 bits per heavy atom. The van der Waals surface area contributed by atoms with Crippen LogP contribution < -0.4 is 10.2 Å². The minimum Gasteiger partial charge on any atom is -0.354 e. The molecule has 0 unspecified atom stereocenters. The molecule has 2 heterocycles. The number of rotatable bonds is 6. The number of thiazole rings is 1.